The number of benzene rings is 2. The zero-order valence-corrected chi connectivity index (χ0v) is 19.0. The standard InChI is InChI=1S/C27H30N2O3/c1-19-11-8-9-15-23(19)25(30)29-24(17-22-14-10-16-32-22)26(31)28-20(2)18-27(3,4)21-12-6-5-7-13-21/h5-17,20H,18H2,1-4H3,(H,28,31)(H,29,30)/b24-17-/t20-/m0/s1. The van der Waals surface area contributed by atoms with Gasteiger partial charge < -0.3 is 15.1 Å². The van der Waals surface area contributed by atoms with Gasteiger partial charge in [-0.3, -0.25) is 9.59 Å². The maximum Gasteiger partial charge on any atom is 0.268 e. The van der Waals surface area contributed by atoms with Crippen LogP contribution in [0.15, 0.2) is 83.1 Å². The fourth-order valence-corrected chi connectivity index (χ4v) is 3.82. The van der Waals surface area contributed by atoms with E-state index in [4.69, 9.17) is 4.42 Å². The van der Waals surface area contributed by atoms with Crippen molar-refractivity contribution >= 4 is 17.9 Å². The lowest BCUT2D eigenvalue weighted by atomic mass is 9.79. The summed E-state index contributed by atoms with van der Waals surface area (Å²) in [4.78, 5) is 26.0. The maximum atomic E-state index is 13.1. The van der Waals surface area contributed by atoms with E-state index < -0.39 is 0 Å². The number of nitrogens with one attached hydrogen (secondary N) is 2. The van der Waals surface area contributed by atoms with E-state index in [1.54, 1.807) is 30.3 Å². The van der Waals surface area contributed by atoms with Crippen LogP contribution in [0.25, 0.3) is 6.08 Å². The van der Waals surface area contributed by atoms with Crippen LogP contribution in [-0.2, 0) is 10.2 Å². The van der Waals surface area contributed by atoms with Gasteiger partial charge in [-0.2, -0.15) is 0 Å². The molecule has 166 valence electrons. The van der Waals surface area contributed by atoms with Crippen LogP contribution in [-0.4, -0.2) is 17.9 Å². The molecule has 1 aromatic heterocycles. The van der Waals surface area contributed by atoms with E-state index in [2.05, 4.69) is 36.6 Å². The monoisotopic (exact) mass is 430 g/mol. The van der Waals surface area contributed by atoms with Crippen LogP contribution in [0.5, 0.6) is 0 Å². The lowest BCUT2D eigenvalue weighted by Crippen LogP contribution is -2.41. The second-order valence-corrected chi connectivity index (χ2v) is 8.67. The highest BCUT2D eigenvalue weighted by Gasteiger charge is 2.25. The molecule has 2 N–H and O–H groups in total. The molecule has 0 unspecified atom stereocenters. The minimum absolute atomic E-state index is 0.118. The van der Waals surface area contributed by atoms with E-state index in [9.17, 15) is 9.59 Å². The lowest BCUT2D eigenvalue weighted by Gasteiger charge is -2.29. The van der Waals surface area contributed by atoms with E-state index >= 15 is 0 Å². The third-order valence-corrected chi connectivity index (χ3v) is 5.46. The van der Waals surface area contributed by atoms with Gasteiger partial charge in [-0.05, 0) is 55.0 Å². The largest absolute Gasteiger partial charge is 0.465 e. The van der Waals surface area contributed by atoms with Crippen molar-refractivity contribution in [2.24, 2.45) is 0 Å². The van der Waals surface area contributed by atoms with Gasteiger partial charge in [0.05, 0.1) is 6.26 Å². The minimum Gasteiger partial charge on any atom is -0.465 e. The third kappa shape index (κ3) is 5.97. The smallest absolute Gasteiger partial charge is 0.268 e. The lowest BCUT2D eigenvalue weighted by molar-refractivity contribution is -0.118. The third-order valence-electron chi connectivity index (χ3n) is 5.46. The normalized spacial score (nSPS) is 12.8. The van der Waals surface area contributed by atoms with Crippen LogP contribution < -0.4 is 10.6 Å². The molecule has 1 heterocycles. The highest BCUT2D eigenvalue weighted by Crippen LogP contribution is 2.28. The number of aryl methyl sites for hydroxylation is 1. The Morgan fingerprint density at radius 3 is 2.34 bits per heavy atom. The quantitative estimate of drug-likeness (QED) is 0.481. The van der Waals surface area contributed by atoms with Crippen LogP contribution in [0, 0.1) is 6.92 Å². The molecular formula is C27H30N2O3. The minimum atomic E-state index is -0.361. The second-order valence-electron chi connectivity index (χ2n) is 8.67. The zero-order chi connectivity index (χ0) is 23.1. The molecule has 0 aliphatic rings. The highest BCUT2D eigenvalue weighted by atomic mass is 16.3. The van der Waals surface area contributed by atoms with Crippen molar-refractivity contribution in [1.29, 1.82) is 0 Å². The van der Waals surface area contributed by atoms with Crippen LogP contribution in [0.4, 0.5) is 0 Å². The molecule has 0 radical (unpaired) electrons. The highest BCUT2D eigenvalue weighted by molar-refractivity contribution is 6.05. The Hall–Kier alpha value is -3.60. The number of furan rings is 1. The van der Waals surface area contributed by atoms with Gasteiger partial charge in [0.25, 0.3) is 11.8 Å². The molecule has 1 atom stereocenters. The molecule has 0 bridgehead atoms. The Kier molecular flexibility index (Phi) is 7.31. The van der Waals surface area contributed by atoms with Gasteiger partial charge in [-0.15, -0.1) is 0 Å². The van der Waals surface area contributed by atoms with Crippen LogP contribution in [0.3, 0.4) is 0 Å². The van der Waals surface area contributed by atoms with Crippen LogP contribution in [0.1, 0.15) is 54.4 Å². The van der Waals surface area contributed by atoms with Crippen molar-refractivity contribution in [3.63, 3.8) is 0 Å². The molecule has 5 nitrogen and oxygen atoms in total. The molecule has 5 heteroatoms. The van der Waals surface area contributed by atoms with Gasteiger partial charge in [-0.1, -0.05) is 62.4 Å². The number of hydrogen-bond acceptors (Lipinski definition) is 3. The molecule has 32 heavy (non-hydrogen) atoms. The van der Waals surface area contributed by atoms with Crippen molar-refractivity contribution in [2.75, 3.05) is 0 Å². The molecule has 2 amide bonds. The number of carbonyl (C=O) groups excluding carboxylic acids is 2. The van der Waals surface area contributed by atoms with Crippen molar-refractivity contribution in [3.05, 3.63) is 101 Å². The fraction of sp³-hybridized carbons (Fsp3) is 0.259. The Morgan fingerprint density at radius 2 is 1.69 bits per heavy atom. The summed E-state index contributed by atoms with van der Waals surface area (Å²) in [5.74, 6) is -0.217. The van der Waals surface area contributed by atoms with Gasteiger partial charge in [0.2, 0.25) is 0 Å². The van der Waals surface area contributed by atoms with E-state index in [-0.39, 0.29) is 29.0 Å². The molecular weight excluding hydrogens is 400 g/mol. The zero-order valence-electron chi connectivity index (χ0n) is 19.0. The molecule has 3 rings (SSSR count). The molecule has 0 saturated heterocycles. The molecule has 3 aromatic rings. The fourth-order valence-electron chi connectivity index (χ4n) is 3.82. The summed E-state index contributed by atoms with van der Waals surface area (Å²) in [6, 6.07) is 20.8. The molecule has 2 aromatic carbocycles. The molecule has 0 fully saturated rings. The number of amides is 2. The topological polar surface area (TPSA) is 71.3 Å². The molecule has 0 spiro atoms. The average molecular weight is 431 g/mol. The molecule has 0 aliphatic carbocycles. The first-order chi connectivity index (χ1) is 15.3. The maximum absolute atomic E-state index is 13.1. The Bertz CT molecular complexity index is 1080. The summed E-state index contributed by atoms with van der Waals surface area (Å²) in [5.41, 5.74) is 2.57. The van der Waals surface area contributed by atoms with Crippen molar-refractivity contribution in [3.8, 4) is 0 Å². The van der Waals surface area contributed by atoms with Gasteiger partial charge in [0, 0.05) is 17.7 Å². The average Bonchev–Trinajstić information content (AvgIpc) is 3.27. The predicted octanol–water partition coefficient (Wildman–Crippen LogP) is 5.23. The van der Waals surface area contributed by atoms with E-state index in [1.807, 2.05) is 44.2 Å². The Morgan fingerprint density at radius 1 is 1.00 bits per heavy atom. The number of hydrogen-bond donors (Lipinski definition) is 2. The molecule has 0 saturated carbocycles. The van der Waals surface area contributed by atoms with Gasteiger partial charge >= 0.3 is 0 Å². The summed E-state index contributed by atoms with van der Waals surface area (Å²) in [6.45, 7) is 8.14. The second kappa shape index (κ2) is 10.1. The number of rotatable bonds is 8. The first kappa shape index (κ1) is 23.1. The summed E-state index contributed by atoms with van der Waals surface area (Å²) in [6.07, 6.45) is 3.80. The van der Waals surface area contributed by atoms with E-state index in [0.29, 0.717) is 11.3 Å². The first-order valence-corrected chi connectivity index (χ1v) is 10.7. The number of carbonyl (C=O) groups is 2. The van der Waals surface area contributed by atoms with Crippen LogP contribution >= 0.6 is 0 Å². The first-order valence-electron chi connectivity index (χ1n) is 10.7. The van der Waals surface area contributed by atoms with Crippen LogP contribution in [0.2, 0.25) is 0 Å². The van der Waals surface area contributed by atoms with E-state index in [1.165, 1.54) is 11.8 Å². The Labute approximate surface area is 189 Å². The SMILES string of the molecule is Cc1ccccc1C(=O)N/C(=C\c1ccco1)C(=O)N[C@@H](C)CC(C)(C)c1ccccc1. The van der Waals surface area contributed by atoms with E-state index in [0.717, 1.165) is 12.0 Å². The Balaban J connectivity index is 1.75. The summed E-state index contributed by atoms with van der Waals surface area (Å²) >= 11 is 0. The summed E-state index contributed by atoms with van der Waals surface area (Å²) in [7, 11) is 0. The van der Waals surface area contributed by atoms with Gasteiger partial charge in [-0.25, -0.2) is 0 Å². The van der Waals surface area contributed by atoms with Gasteiger partial charge in [0.1, 0.15) is 11.5 Å². The van der Waals surface area contributed by atoms with Crippen molar-refractivity contribution in [1.82, 2.24) is 10.6 Å². The van der Waals surface area contributed by atoms with Crippen molar-refractivity contribution in [2.45, 2.75) is 45.6 Å². The molecule has 0 aliphatic heterocycles. The van der Waals surface area contributed by atoms with Gasteiger partial charge in [0.15, 0.2) is 0 Å². The summed E-state index contributed by atoms with van der Waals surface area (Å²) in [5, 5.41) is 5.79. The predicted molar refractivity (Wildman–Crippen MR) is 127 cm³/mol. The summed E-state index contributed by atoms with van der Waals surface area (Å²) < 4.78 is 5.36. The van der Waals surface area contributed by atoms with Crippen molar-refractivity contribution < 1.29 is 14.0 Å².